The van der Waals surface area contributed by atoms with Gasteiger partial charge in [0.25, 0.3) is 5.91 Å². The zero-order valence-corrected chi connectivity index (χ0v) is 25.6. The first-order chi connectivity index (χ1) is 19.7. The van der Waals surface area contributed by atoms with E-state index in [0.29, 0.717) is 11.3 Å². The van der Waals surface area contributed by atoms with Crippen molar-refractivity contribution >= 4 is 57.8 Å². The topological polar surface area (TPSA) is 95.0 Å². The highest BCUT2D eigenvalue weighted by Crippen LogP contribution is 2.34. The maximum atomic E-state index is 12.9. The summed E-state index contributed by atoms with van der Waals surface area (Å²) in [6.45, 7) is 9.96. The first-order valence-corrected chi connectivity index (χ1v) is 14.6. The molecule has 220 valence electrons. The minimum atomic E-state index is -0.949. The van der Waals surface area contributed by atoms with Crippen LogP contribution in [0.1, 0.15) is 48.4 Å². The number of morpholine rings is 1. The molecule has 0 bridgehead atoms. The number of amides is 1. The minimum absolute atomic E-state index is 0. The standard InChI is InChI=1S/C32H34N4O4S.ClH/c1-20(2)36(28-15-9-25(10-16-28)31(38)39)32-34-29(19-41-32)23-5-11-26(12-6-23)33-30(37)24-7-13-27(14-8-24)35-17-21(3)40-22(4)18-35;/h5-16,19-22H,17-18H2,1-4H3,(H,33,37)(H,38,39);1H. The van der Waals surface area contributed by atoms with Gasteiger partial charge in [-0.15, -0.1) is 23.7 Å². The number of nitrogens with one attached hydrogen (secondary N) is 1. The highest BCUT2D eigenvalue weighted by molar-refractivity contribution is 7.14. The summed E-state index contributed by atoms with van der Waals surface area (Å²) in [4.78, 5) is 33.4. The molecule has 0 aliphatic carbocycles. The Hall–Kier alpha value is -3.92. The fourth-order valence-electron chi connectivity index (χ4n) is 5.04. The number of hydrogen-bond acceptors (Lipinski definition) is 7. The second-order valence-electron chi connectivity index (χ2n) is 10.6. The van der Waals surface area contributed by atoms with Crippen molar-refractivity contribution in [3.05, 3.63) is 89.3 Å². The van der Waals surface area contributed by atoms with Crippen LogP contribution >= 0.6 is 23.7 Å². The Morgan fingerprint density at radius 1 is 0.952 bits per heavy atom. The number of anilines is 4. The van der Waals surface area contributed by atoms with Gasteiger partial charge in [-0.1, -0.05) is 12.1 Å². The van der Waals surface area contributed by atoms with Crippen LogP contribution in [0.25, 0.3) is 11.3 Å². The van der Waals surface area contributed by atoms with Crippen molar-refractivity contribution < 1.29 is 19.4 Å². The third-order valence-electron chi connectivity index (χ3n) is 6.96. The monoisotopic (exact) mass is 606 g/mol. The van der Waals surface area contributed by atoms with Crippen molar-refractivity contribution in [1.29, 1.82) is 0 Å². The number of carbonyl (C=O) groups excluding carboxylic acids is 1. The number of halogens is 1. The van der Waals surface area contributed by atoms with Gasteiger partial charge in [-0.2, -0.15) is 0 Å². The van der Waals surface area contributed by atoms with Crippen LogP contribution in [0.4, 0.5) is 22.2 Å². The van der Waals surface area contributed by atoms with Crippen molar-refractivity contribution in [1.82, 2.24) is 4.98 Å². The lowest BCUT2D eigenvalue weighted by Gasteiger charge is -2.36. The van der Waals surface area contributed by atoms with Gasteiger partial charge in [-0.05, 0) is 88.4 Å². The number of carboxylic acids is 1. The molecule has 1 aliphatic rings. The van der Waals surface area contributed by atoms with Crippen molar-refractivity contribution in [2.24, 2.45) is 0 Å². The Kier molecular flexibility index (Phi) is 9.88. The highest BCUT2D eigenvalue weighted by atomic mass is 35.5. The van der Waals surface area contributed by atoms with Crippen LogP contribution in [0.15, 0.2) is 78.2 Å². The second-order valence-corrected chi connectivity index (χ2v) is 11.4. The summed E-state index contributed by atoms with van der Waals surface area (Å²) in [6, 6.07) is 22.3. The fourth-order valence-corrected chi connectivity index (χ4v) is 6.03. The molecule has 1 fully saturated rings. The van der Waals surface area contributed by atoms with E-state index in [1.807, 2.05) is 53.9 Å². The molecule has 2 heterocycles. The molecule has 1 aliphatic heterocycles. The van der Waals surface area contributed by atoms with Crippen molar-refractivity contribution in [2.45, 2.75) is 45.9 Å². The summed E-state index contributed by atoms with van der Waals surface area (Å²) >= 11 is 1.53. The SMILES string of the molecule is CC1CN(c2ccc(C(=O)Nc3ccc(-c4csc(N(c5ccc(C(=O)O)cc5)C(C)C)n4)cc3)cc2)CC(C)O1.Cl. The van der Waals surface area contributed by atoms with Crippen LogP contribution in [0.2, 0.25) is 0 Å². The number of ether oxygens (including phenoxy) is 1. The van der Waals surface area contributed by atoms with E-state index < -0.39 is 5.97 Å². The molecule has 0 spiro atoms. The van der Waals surface area contributed by atoms with E-state index in [4.69, 9.17) is 9.72 Å². The number of carboxylic acid groups (broad SMARTS) is 1. The lowest BCUT2D eigenvalue weighted by Crippen LogP contribution is -2.45. The third-order valence-corrected chi connectivity index (χ3v) is 7.80. The smallest absolute Gasteiger partial charge is 0.335 e. The van der Waals surface area contributed by atoms with Crippen LogP contribution in [-0.2, 0) is 4.74 Å². The molecule has 2 N–H and O–H groups in total. The molecular formula is C32H35ClN4O4S. The first kappa shape index (κ1) is 31.0. The molecule has 8 nitrogen and oxygen atoms in total. The maximum absolute atomic E-state index is 12.9. The second kappa shape index (κ2) is 13.4. The maximum Gasteiger partial charge on any atom is 0.335 e. The fraction of sp³-hybridized carbons (Fsp3) is 0.281. The summed E-state index contributed by atoms with van der Waals surface area (Å²) in [5.41, 5.74) is 5.29. The lowest BCUT2D eigenvalue weighted by molar-refractivity contribution is -0.00522. The predicted molar refractivity (Wildman–Crippen MR) is 172 cm³/mol. The van der Waals surface area contributed by atoms with Crippen LogP contribution in [-0.4, -0.2) is 53.3 Å². The summed E-state index contributed by atoms with van der Waals surface area (Å²) < 4.78 is 5.82. The van der Waals surface area contributed by atoms with Gasteiger partial charge < -0.3 is 25.0 Å². The van der Waals surface area contributed by atoms with Gasteiger partial charge in [0, 0.05) is 52.7 Å². The van der Waals surface area contributed by atoms with E-state index >= 15 is 0 Å². The Labute approximate surface area is 256 Å². The molecule has 1 aromatic heterocycles. The van der Waals surface area contributed by atoms with E-state index in [1.54, 1.807) is 24.3 Å². The van der Waals surface area contributed by atoms with Crippen LogP contribution < -0.4 is 15.1 Å². The lowest BCUT2D eigenvalue weighted by atomic mass is 10.1. The van der Waals surface area contributed by atoms with Gasteiger partial charge in [0.05, 0.1) is 23.5 Å². The number of rotatable bonds is 8. The average molecular weight is 607 g/mol. The van der Waals surface area contributed by atoms with Crippen LogP contribution in [0, 0.1) is 0 Å². The average Bonchev–Trinajstić information content (AvgIpc) is 3.43. The Bertz CT molecular complexity index is 1500. The quantitative estimate of drug-likeness (QED) is 0.217. The van der Waals surface area contributed by atoms with Crippen molar-refractivity contribution in [3.63, 3.8) is 0 Å². The molecule has 42 heavy (non-hydrogen) atoms. The molecule has 4 aromatic rings. The Morgan fingerprint density at radius 2 is 1.55 bits per heavy atom. The molecule has 2 unspecified atom stereocenters. The molecule has 0 saturated carbocycles. The van der Waals surface area contributed by atoms with Gasteiger partial charge in [0.15, 0.2) is 5.13 Å². The van der Waals surface area contributed by atoms with Crippen LogP contribution in [0.5, 0.6) is 0 Å². The minimum Gasteiger partial charge on any atom is -0.478 e. The first-order valence-electron chi connectivity index (χ1n) is 13.7. The molecule has 1 saturated heterocycles. The number of thiazole rings is 1. The normalized spacial score (nSPS) is 16.5. The van der Waals surface area contributed by atoms with E-state index in [1.165, 1.54) is 11.3 Å². The number of aromatic carboxylic acids is 1. The predicted octanol–water partition coefficient (Wildman–Crippen LogP) is 7.34. The highest BCUT2D eigenvalue weighted by Gasteiger charge is 2.23. The Morgan fingerprint density at radius 3 is 2.12 bits per heavy atom. The van der Waals surface area contributed by atoms with E-state index in [2.05, 4.69) is 42.8 Å². The van der Waals surface area contributed by atoms with Gasteiger partial charge in [0.2, 0.25) is 0 Å². The molecule has 5 rings (SSSR count). The van der Waals surface area contributed by atoms with Gasteiger partial charge in [0.1, 0.15) is 0 Å². The molecule has 10 heteroatoms. The van der Waals surface area contributed by atoms with Gasteiger partial charge in [-0.3, -0.25) is 4.79 Å². The number of aromatic nitrogens is 1. The van der Waals surface area contributed by atoms with E-state index in [0.717, 1.165) is 40.9 Å². The summed E-state index contributed by atoms with van der Waals surface area (Å²) in [7, 11) is 0. The summed E-state index contributed by atoms with van der Waals surface area (Å²) in [5.74, 6) is -1.11. The van der Waals surface area contributed by atoms with E-state index in [-0.39, 0.29) is 42.1 Å². The molecular weight excluding hydrogens is 572 g/mol. The van der Waals surface area contributed by atoms with E-state index in [9.17, 15) is 14.7 Å². The van der Waals surface area contributed by atoms with Crippen molar-refractivity contribution in [3.8, 4) is 11.3 Å². The van der Waals surface area contributed by atoms with Gasteiger partial charge in [-0.25, -0.2) is 9.78 Å². The zero-order valence-electron chi connectivity index (χ0n) is 24.0. The number of carbonyl (C=O) groups is 2. The number of benzene rings is 3. The number of hydrogen-bond donors (Lipinski definition) is 2. The van der Waals surface area contributed by atoms with Crippen LogP contribution in [0.3, 0.4) is 0 Å². The molecule has 3 aromatic carbocycles. The molecule has 1 amide bonds. The van der Waals surface area contributed by atoms with Gasteiger partial charge >= 0.3 is 5.97 Å². The molecule has 0 radical (unpaired) electrons. The third kappa shape index (κ3) is 7.10. The summed E-state index contributed by atoms with van der Waals surface area (Å²) in [6.07, 6.45) is 0.347. The molecule has 2 atom stereocenters. The summed E-state index contributed by atoms with van der Waals surface area (Å²) in [5, 5.41) is 15.0. The largest absolute Gasteiger partial charge is 0.478 e. The zero-order chi connectivity index (χ0) is 29.1. The Balaban J connectivity index is 0.00000405. The number of nitrogens with zero attached hydrogens (tertiary/aromatic N) is 3. The van der Waals surface area contributed by atoms with Crippen molar-refractivity contribution in [2.75, 3.05) is 28.2 Å².